The van der Waals surface area contributed by atoms with Crippen molar-refractivity contribution in [2.24, 2.45) is 11.5 Å². The van der Waals surface area contributed by atoms with Gasteiger partial charge in [0.05, 0.1) is 4.90 Å². The highest BCUT2D eigenvalue weighted by molar-refractivity contribution is 7.89. The molecule has 1 rings (SSSR count). The number of carbonyl (C=O) groups excluding carboxylic acids is 1. The largest absolute Gasteiger partial charge is 0.448 e. The van der Waals surface area contributed by atoms with E-state index >= 15 is 0 Å². The molecule has 0 radical (unpaired) electrons. The highest BCUT2D eigenvalue weighted by atomic mass is 32.2. The molecule has 1 amide bonds. The minimum absolute atomic E-state index is 0.0414. The standard InChI is InChI=1S/C11H17N3O4S/c1-8(12)9-2-4-10(5-3-9)19(16,17)14-6-7-18-11(13)15/h2-5,8,14H,6-7,12H2,1H3,(H2,13,15). The fraction of sp³-hybridized carbons (Fsp3) is 0.364. The van der Waals surface area contributed by atoms with E-state index in [-0.39, 0.29) is 24.1 Å². The van der Waals surface area contributed by atoms with Crippen molar-refractivity contribution in [3.8, 4) is 0 Å². The molecule has 1 aromatic rings. The van der Waals surface area contributed by atoms with Gasteiger partial charge < -0.3 is 16.2 Å². The van der Waals surface area contributed by atoms with E-state index < -0.39 is 16.1 Å². The van der Waals surface area contributed by atoms with Crippen molar-refractivity contribution in [1.82, 2.24) is 4.72 Å². The summed E-state index contributed by atoms with van der Waals surface area (Å²) < 4.78 is 30.4. The van der Waals surface area contributed by atoms with Crippen LogP contribution in [0.2, 0.25) is 0 Å². The highest BCUT2D eigenvalue weighted by Gasteiger charge is 2.13. The van der Waals surface area contributed by atoms with Crippen molar-refractivity contribution in [3.05, 3.63) is 29.8 Å². The predicted octanol–water partition coefficient (Wildman–Crippen LogP) is 0.0799. The Hall–Kier alpha value is -1.64. The first kappa shape index (κ1) is 15.4. The molecule has 8 heteroatoms. The van der Waals surface area contributed by atoms with E-state index in [2.05, 4.69) is 9.46 Å². The molecule has 0 aliphatic heterocycles. The lowest BCUT2D eigenvalue weighted by Gasteiger charge is -2.09. The Balaban J connectivity index is 2.64. The van der Waals surface area contributed by atoms with Crippen LogP contribution in [0, 0.1) is 0 Å². The number of nitrogens with one attached hydrogen (secondary N) is 1. The molecule has 0 saturated carbocycles. The zero-order chi connectivity index (χ0) is 14.5. The van der Waals surface area contributed by atoms with Crippen LogP contribution in [0.5, 0.6) is 0 Å². The summed E-state index contributed by atoms with van der Waals surface area (Å²) in [6.07, 6.45) is -0.944. The van der Waals surface area contributed by atoms with E-state index in [4.69, 9.17) is 11.5 Å². The van der Waals surface area contributed by atoms with Crippen LogP contribution < -0.4 is 16.2 Å². The number of carbonyl (C=O) groups is 1. The zero-order valence-electron chi connectivity index (χ0n) is 10.5. The van der Waals surface area contributed by atoms with Gasteiger partial charge in [0, 0.05) is 12.6 Å². The summed E-state index contributed by atoms with van der Waals surface area (Å²) in [5.41, 5.74) is 11.3. The van der Waals surface area contributed by atoms with E-state index in [0.29, 0.717) is 0 Å². The molecule has 19 heavy (non-hydrogen) atoms. The SMILES string of the molecule is CC(N)c1ccc(S(=O)(=O)NCCOC(N)=O)cc1. The third kappa shape index (κ3) is 4.86. The van der Waals surface area contributed by atoms with Gasteiger partial charge in [-0.15, -0.1) is 0 Å². The van der Waals surface area contributed by atoms with Gasteiger partial charge in [-0.05, 0) is 24.6 Å². The smallest absolute Gasteiger partial charge is 0.404 e. The first-order valence-electron chi connectivity index (χ1n) is 5.60. The predicted molar refractivity (Wildman–Crippen MR) is 69.8 cm³/mol. The van der Waals surface area contributed by atoms with Gasteiger partial charge in [-0.1, -0.05) is 12.1 Å². The zero-order valence-corrected chi connectivity index (χ0v) is 11.3. The maximum atomic E-state index is 11.8. The van der Waals surface area contributed by atoms with Gasteiger partial charge in [-0.25, -0.2) is 17.9 Å². The summed E-state index contributed by atoms with van der Waals surface area (Å²) in [7, 11) is -3.62. The summed E-state index contributed by atoms with van der Waals surface area (Å²) in [6, 6.07) is 6.08. The molecule has 0 aliphatic carbocycles. The highest BCUT2D eigenvalue weighted by Crippen LogP contribution is 2.14. The van der Waals surface area contributed by atoms with Gasteiger partial charge in [-0.3, -0.25) is 0 Å². The molecule has 1 aromatic carbocycles. The number of rotatable bonds is 6. The molecular formula is C11H17N3O4S. The van der Waals surface area contributed by atoms with Crippen molar-refractivity contribution in [3.63, 3.8) is 0 Å². The first-order valence-corrected chi connectivity index (χ1v) is 7.08. The van der Waals surface area contributed by atoms with Gasteiger partial charge in [0.1, 0.15) is 6.61 Å². The second-order valence-corrected chi connectivity index (χ2v) is 5.69. The van der Waals surface area contributed by atoms with Crippen LogP contribution in [-0.2, 0) is 14.8 Å². The first-order chi connectivity index (χ1) is 8.83. The minimum Gasteiger partial charge on any atom is -0.448 e. The molecule has 0 saturated heterocycles. The molecule has 0 heterocycles. The molecule has 5 N–H and O–H groups in total. The normalized spacial score (nSPS) is 12.9. The fourth-order valence-corrected chi connectivity index (χ4v) is 2.37. The Labute approximate surface area is 112 Å². The third-order valence-electron chi connectivity index (χ3n) is 2.35. The Bertz CT molecular complexity index is 525. The van der Waals surface area contributed by atoms with Crippen LogP contribution in [-0.4, -0.2) is 27.7 Å². The van der Waals surface area contributed by atoms with E-state index in [1.807, 2.05) is 6.92 Å². The molecular weight excluding hydrogens is 270 g/mol. The van der Waals surface area contributed by atoms with Gasteiger partial charge in [0.25, 0.3) is 0 Å². The lowest BCUT2D eigenvalue weighted by atomic mass is 10.1. The van der Waals surface area contributed by atoms with Crippen LogP contribution in [0.4, 0.5) is 4.79 Å². The third-order valence-corrected chi connectivity index (χ3v) is 3.83. The average molecular weight is 287 g/mol. The molecule has 1 atom stereocenters. The number of nitrogens with two attached hydrogens (primary N) is 2. The lowest BCUT2D eigenvalue weighted by molar-refractivity contribution is 0.159. The van der Waals surface area contributed by atoms with Crippen LogP contribution in [0.3, 0.4) is 0 Å². The molecule has 0 aromatic heterocycles. The number of ether oxygens (including phenoxy) is 1. The summed E-state index contributed by atoms with van der Waals surface area (Å²) in [5, 5.41) is 0. The number of benzene rings is 1. The van der Waals surface area contributed by atoms with E-state index in [9.17, 15) is 13.2 Å². The lowest BCUT2D eigenvalue weighted by Crippen LogP contribution is -2.29. The van der Waals surface area contributed by atoms with E-state index in [1.54, 1.807) is 12.1 Å². The van der Waals surface area contributed by atoms with Crippen LogP contribution >= 0.6 is 0 Å². The second-order valence-electron chi connectivity index (χ2n) is 3.92. The Morgan fingerprint density at radius 3 is 2.42 bits per heavy atom. The minimum atomic E-state index is -3.62. The monoisotopic (exact) mass is 287 g/mol. The van der Waals surface area contributed by atoms with Gasteiger partial charge >= 0.3 is 6.09 Å². The Morgan fingerprint density at radius 2 is 1.95 bits per heavy atom. The summed E-state index contributed by atoms with van der Waals surface area (Å²) >= 11 is 0. The summed E-state index contributed by atoms with van der Waals surface area (Å²) in [6.45, 7) is 1.65. The number of primary amides is 1. The molecule has 0 bridgehead atoms. The topological polar surface area (TPSA) is 125 Å². The van der Waals surface area contributed by atoms with E-state index in [0.717, 1.165) is 5.56 Å². The van der Waals surface area contributed by atoms with Gasteiger partial charge in [0.2, 0.25) is 10.0 Å². The van der Waals surface area contributed by atoms with Crippen molar-refractivity contribution >= 4 is 16.1 Å². The number of hydrogen-bond acceptors (Lipinski definition) is 5. The van der Waals surface area contributed by atoms with Gasteiger partial charge in [-0.2, -0.15) is 0 Å². The van der Waals surface area contributed by atoms with Crippen molar-refractivity contribution < 1.29 is 17.9 Å². The number of amides is 1. The second kappa shape index (κ2) is 6.50. The molecule has 0 aliphatic rings. The number of sulfonamides is 1. The Kier molecular flexibility index (Phi) is 5.28. The van der Waals surface area contributed by atoms with Gasteiger partial charge in [0.15, 0.2) is 0 Å². The van der Waals surface area contributed by atoms with E-state index in [1.165, 1.54) is 12.1 Å². The molecule has 106 valence electrons. The summed E-state index contributed by atoms with van der Waals surface area (Å²) in [4.78, 5) is 10.4. The van der Waals surface area contributed by atoms with Crippen molar-refractivity contribution in [2.45, 2.75) is 17.9 Å². The maximum Gasteiger partial charge on any atom is 0.404 e. The fourth-order valence-electron chi connectivity index (χ4n) is 1.36. The van der Waals surface area contributed by atoms with Crippen LogP contribution in [0.1, 0.15) is 18.5 Å². The van der Waals surface area contributed by atoms with Crippen molar-refractivity contribution in [1.29, 1.82) is 0 Å². The van der Waals surface area contributed by atoms with Crippen LogP contribution in [0.25, 0.3) is 0 Å². The average Bonchev–Trinajstić information content (AvgIpc) is 2.34. The molecule has 0 fully saturated rings. The quantitative estimate of drug-likeness (QED) is 0.639. The summed E-state index contributed by atoms with van der Waals surface area (Å²) in [5.74, 6) is 0. The molecule has 7 nitrogen and oxygen atoms in total. The number of hydrogen-bond donors (Lipinski definition) is 3. The van der Waals surface area contributed by atoms with Crippen LogP contribution in [0.15, 0.2) is 29.2 Å². The maximum absolute atomic E-state index is 11.8. The molecule has 0 spiro atoms. The molecule has 1 unspecified atom stereocenters. The Morgan fingerprint density at radius 1 is 1.37 bits per heavy atom. The van der Waals surface area contributed by atoms with Crippen molar-refractivity contribution in [2.75, 3.05) is 13.2 Å².